The lowest BCUT2D eigenvalue weighted by Gasteiger charge is -2.18. The second kappa shape index (κ2) is 11.2. The van der Waals surface area contributed by atoms with Crippen LogP contribution in [0.4, 0.5) is 0 Å². The summed E-state index contributed by atoms with van der Waals surface area (Å²) in [6.07, 6.45) is 6.38. The van der Waals surface area contributed by atoms with Gasteiger partial charge >= 0.3 is 5.97 Å². The third-order valence-electron chi connectivity index (χ3n) is 5.65. The van der Waals surface area contributed by atoms with Gasteiger partial charge in [-0.1, -0.05) is 75.1 Å². The van der Waals surface area contributed by atoms with E-state index in [1.165, 1.54) is 35.4 Å². The number of nitrogens with zero attached hydrogens (tertiary/aromatic N) is 1. The van der Waals surface area contributed by atoms with Crippen LogP contribution in [0.3, 0.4) is 0 Å². The van der Waals surface area contributed by atoms with Gasteiger partial charge in [0.25, 0.3) is 5.91 Å². The fourth-order valence-corrected chi connectivity index (χ4v) is 4.86. The first-order valence-corrected chi connectivity index (χ1v) is 12.8. The Morgan fingerprint density at radius 3 is 2.46 bits per heavy atom. The van der Waals surface area contributed by atoms with Crippen LogP contribution in [0.15, 0.2) is 76.3 Å². The quantitative estimate of drug-likeness (QED) is 0.147. The van der Waals surface area contributed by atoms with Crippen LogP contribution >= 0.6 is 24.0 Å². The van der Waals surface area contributed by atoms with Gasteiger partial charge in [0.2, 0.25) is 0 Å². The highest BCUT2D eigenvalue weighted by molar-refractivity contribution is 8.26. The molecule has 0 N–H and O–H groups in total. The molecule has 1 aliphatic rings. The van der Waals surface area contributed by atoms with Crippen molar-refractivity contribution in [2.75, 3.05) is 7.11 Å². The zero-order chi connectivity index (χ0) is 26.6. The van der Waals surface area contributed by atoms with Crippen LogP contribution in [-0.4, -0.2) is 28.2 Å². The minimum atomic E-state index is -0.523. The van der Waals surface area contributed by atoms with E-state index in [0.29, 0.717) is 26.3 Å². The summed E-state index contributed by atoms with van der Waals surface area (Å²) in [7, 11) is 1.49. The summed E-state index contributed by atoms with van der Waals surface area (Å²) in [5.41, 5.74) is 2.90. The molecule has 6 nitrogen and oxygen atoms in total. The maximum Gasteiger partial charge on any atom is 0.336 e. The highest BCUT2D eigenvalue weighted by Crippen LogP contribution is 2.35. The highest BCUT2D eigenvalue weighted by atomic mass is 32.2. The lowest BCUT2D eigenvalue weighted by atomic mass is 9.87. The van der Waals surface area contributed by atoms with Crippen molar-refractivity contribution >= 4 is 52.3 Å². The van der Waals surface area contributed by atoms with Gasteiger partial charge in [0.05, 0.1) is 24.8 Å². The molecule has 4 rings (SSSR count). The highest BCUT2D eigenvalue weighted by Gasteiger charge is 2.32. The number of hydrogen-bond donors (Lipinski definition) is 0. The predicted molar refractivity (Wildman–Crippen MR) is 150 cm³/mol. The van der Waals surface area contributed by atoms with Crippen LogP contribution in [0.25, 0.3) is 12.2 Å². The number of carbonyl (C=O) groups is 2. The topological polar surface area (TPSA) is 69.0 Å². The summed E-state index contributed by atoms with van der Waals surface area (Å²) >= 11 is 6.61. The zero-order valence-corrected chi connectivity index (χ0v) is 22.7. The lowest BCUT2D eigenvalue weighted by molar-refractivity contribution is -0.129. The fraction of sp³-hybridized carbons (Fsp3) is 0.207. The molecule has 37 heavy (non-hydrogen) atoms. The van der Waals surface area contributed by atoms with Gasteiger partial charge in [-0.3, -0.25) is 9.69 Å². The summed E-state index contributed by atoms with van der Waals surface area (Å²) < 4.78 is 16.7. The molecule has 0 atom stereocenters. The molecular weight excluding hydrogens is 506 g/mol. The first-order valence-electron chi connectivity index (χ1n) is 11.6. The normalized spacial score (nSPS) is 15.1. The van der Waals surface area contributed by atoms with Crippen molar-refractivity contribution in [1.82, 2.24) is 4.90 Å². The molecule has 1 aromatic heterocycles. The molecule has 190 valence electrons. The van der Waals surface area contributed by atoms with Crippen molar-refractivity contribution in [3.63, 3.8) is 0 Å². The number of carbonyl (C=O) groups excluding carboxylic acids is 2. The van der Waals surface area contributed by atoms with Gasteiger partial charge in [-0.15, -0.1) is 0 Å². The van der Waals surface area contributed by atoms with Crippen LogP contribution in [-0.2, 0) is 21.5 Å². The second-order valence-electron chi connectivity index (χ2n) is 9.38. The second-order valence-corrected chi connectivity index (χ2v) is 11.1. The number of thioether (sulfide) groups is 1. The van der Waals surface area contributed by atoms with Crippen molar-refractivity contribution in [3.05, 3.63) is 94.3 Å². The van der Waals surface area contributed by atoms with Gasteiger partial charge in [0.1, 0.15) is 10.1 Å². The lowest BCUT2D eigenvalue weighted by Crippen LogP contribution is -2.27. The van der Waals surface area contributed by atoms with Crippen LogP contribution in [0, 0.1) is 0 Å². The van der Waals surface area contributed by atoms with E-state index in [-0.39, 0.29) is 23.6 Å². The summed E-state index contributed by atoms with van der Waals surface area (Å²) in [4.78, 5) is 27.3. The molecule has 2 heterocycles. The van der Waals surface area contributed by atoms with Crippen molar-refractivity contribution in [2.24, 2.45) is 0 Å². The Morgan fingerprint density at radius 2 is 1.81 bits per heavy atom. The molecule has 0 aliphatic carbocycles. The van der Waals surface area contributed by atoms with E-state index in [4.69, 9.17) is 26.1 Å². The van der Waals surface area contributed by atoms with Gasteiger partial charge in [-0.05, 0) is 58.5 Å². The number of benzene rings is 2. The first-order chi connectivity index (χ1) is 17.6. The van der Waals surface area contributed by atoms with Crippen LogP contribution in [0.1, 0.15) is 43.2 Å². The van der Waals surface area contributed by atoms with Gasteiger partial charge < -0.3 is 13.9 Å². The van der Waals surface area contributed by atoms with Crippen molar-refractivity contribution in [3.8, 4) is 11.5 Å². The monoisotopic (exact) mass is 533 g/mol. The molecule has 1 fully saturated rings. The smallest absolute Gasteiger partial charge is 0.336 e. The maximum absolute atomic E-state index is 12.9. The molecule has 1 amide bonds. The van der Waals surface area contributed by atoms with Gasteiger partial charge in [-0.25, -0.2) is 4.79 Å². The third-order valence-corrected chi connectivity index (χ3v) is 7.03. The Balaban J connectivity index is 1.43. The Morgan fingerprint density at radius 1 is 1.08 bits per heavy atom. The Bertz CT molecular complexity index is 1370. The molecule has 1 saturated heterocycles. The molecule has 0 saturated carbocycles. The number of amides is 1. The maximum atomic E-state index is 12.9. The molecule has 0 radical (unpaired) electrons. The molecule has 0 unspecified atom stereocenters. The fourth-order valence-electron chi connectivity index (χ4n) is 3.61. The average Bonchev–Trinajstić information content (AvgIpc) is 3.47. The van der Waals surface area contributed by atoms with E-state index in [9.17, 15) is 9.59 Å². The Kier molecular flexibility index (Phi) is 8.00. The molecule has 3 aromatic rings. The molecule has 1 aliphatic heterocycles. The Labute approximate surface area is 225 Å². The SMILES string of the molecule is COc1cc(C=C2SC(=S)N(Cc3ccco3)C2=O)ccc1OC(=O)C=Cc1ccc(C(C)(C)C)cc1. The molecule has 2 aromatic carbocycles. The number of methoxy groups -OCH3 is 1. The van der Waals surface area contributed by atoms with Crippen molar-refractivity contribution < 1.29 is 23.5 Å². The van der Waals surface area contributed by atoms with Crippen LogP contribution in [0.2, 0.25) is 0 Å². The van der Waals surface area contributed by atoms with E-state index < -0.39 is 5.97 Å². The van der Waals surface area contributed by atoms with E-state index in [2.05, 4.69) is 32.9 Å². The molecular formula is C29H27NO5S2. The van der Waals surface area contributed by atoms with E-state index in [1.807, 2.05) is 12.1 Å². The van der Waals surface area contributed by atoms with E-state index >= 15 is 0 Å². The third kappa shape index (κ3) is 6.58. The average molecular weight is 534 g/mol. The molecule has 8 heteroatoms. The number of esters is 1. The minimum Gasteiger partial charge on any atom is -0.493 e. The zero-order valence-electron chi connectivity index (χ0n) is 21.0. The Hall–Kier alpha value is -3.62. The molecule has 0 bridgehead atoms. The molecule has 0 spiro atoms. The summed E-state index contributed by atoms with van der Waals surface area (Å²) in [5.74, 6) is 0.589. The van der Waals surface area contributed by atoms with Crippen molar-refractivity contribution in [2.45, 2.75) is 32.7 Å². The predicted octanol–water partition coefficient (Wildman–Crippen LogP) is 6.61. The standard InChI is InChI=1S/C29H27NO5S2/c1-29(2,3)21-11-7-19(8-12-21)10-14-26(31)35-23-13-9-20(16-24(23)33-4)17-25-27(32)30(28(36)37-25)18-22-6-5-15-34-22/h5-17H,18H2,1-4H3. The van der Waals surface area contributed by atoms with Crippen LogP contribution < -0.4 is 9.47 Å². The summed E-state index contributed by atoms with van der Waals surface area (Å²) in [5, 5.41) is 0. The largest absolute Gasteiger partial charge is 0.493 e. The number of thiocarbonyl (C=S) groups is 1. The number of hydrogen-bond acceptors (Lipinski definition) is 7. The minimum absolute atomic E-state index is 0.0643. The summed E-state index contributed by atoms with van der Waals surface area (Å²) in [6.45, 7) is 6.74. The van der Waals surface area contributed by atoms with Crippen molar-refractivity contribution in [1.29, 1.82) is 0 Å². The number of ether oxygens (including phenoxy) is 2. The number of furan rings is 1. The van der Waals surface area contributed by atoms with E-state index in [0.717, 1.165) is 5.56 Å². The van der Waals surface area contributed by atoms with Crippen LogP contribution in [0.5, 0.6) is 11.5 Å². The van der Waals surface area contributed by atoms with Gasteiger partial charge in [-0.2, -0.15) is 0 Å². The number of rotatable bonds is 7. The van der Waals surface area contributed by atoms with E-state index in [1.54, 1.807) is 48.7 Å². The first kappa shape index (κ1) is 26.4. The van der Waals surface area contributed by atoms with Gasteiger partial charge in [0, 0.05) is 6.08 Å². The van der Waals surface area contributed by atoms with Gasteiger partial charge in [0.15, 0.2) is 11.5 Å². The summed E-state index contributed by atoms with van der Waals surface area (Å²) in [6, 6.07) is 16.7.